The van der Waals surface area contributed by atoms with E-state index in [1.807, 2.05) is 24.3 Å². The molecule has 0 bridgehead atoms. The van der Waals surface area contributed by atoms with Crippen molar-refractivity contribution >= 4 is 15.9 Å². The average molecular weight is 325 g/mol. The minimum Gasteiger partial charge on any atom is -0.492 e. The van der Waals surface area contributed by atoms with Crippen molar-refractivity contribution in [3.63, 3.8) is 0 Å². The minimum absolute atomic E-state index is 0.724. The van der Waals surface area contributed by atoms with Gasteiger partial charge in [-0.15, -0.1) is 0 Å². The number of halogens is 1. The first-order chi connectivity index (χ1) is 9.31. The van der Waals surface area contributed by atoms with E-state index in [0.29, 0.717) is 0 Å². The van der Waals surface area contributed by atoms with Crippen molar-refractivity contribution in [2.45, 2.75) is 18.9 Å². The van der Waals surface area contributed by atoms with E-state index in [-0.39, 0.29) is 0 Å². The van der Waals surface area contributed by atoms with Crippen molar-refractivity contribution in [2.24, 2.45) is 5.92 Å². The predicted molar refractivity (Wildman–Crippen MR) is 80.6 cm³/mol. The summed E-state index contributed by atoms with van der Waals surface area (Å²) >= 11 is 3.43. The van der Waals surface area contributed by atoms with Gasteiger partial charge in [0.25, 0.3) is 0 Å². The van der Waals surface area contributed by atoms with Crippen molar-refractivity contribution in [3.8, 4) is 5.75 Å². The molecule has 2 saturated heterocycles. The molecular weight excluding hydrogens is 304 g/mol. The summed E-state index contributed by atoms with van der Waals surface area (Å²) in [6.45, 7) is 5.44. The summed E-state index contributed by atoms with van der Waals surface area (Å²) < 4.78 is 6.89. The number of nitrogens with zero attached hydrogens (tertiary/aromatic N) is 1. The molecule has 0 radical (unpaired) electrons. The van der Waals surface area contributed by atoms with Gasteiger partial charge in [-0.05, 0) is 49.6 Å². The maximum Gasteiger partial charge on any atom is 0.119 e. The Kier molecular flexibility index (Phi) is 4.41. The zero-order valence-electron chi connectivity index (χ0n) is 11.1. The summed E-state index contributed by atoms with van der Waals surface area (Å²) in [5, 5.41) is 3.64. The number of piperidine rings is 1. The highest BCUT2D eigenvalue weighted by atomic mass is 79.9. The van der Waals surface area contributed by atoms with Gasteiger partial charge < -0.3 is 10.1 Å². The van der Waals surface area contributed by atoms with Gasteiger partial charge in [-0.2, -0.15) is 0 Å². The van der Waals surface area contributed by atoms with Crippen molar-refractivity contribution in [2.75, 3.05) is 32.8 Å². The Morgan fingerprint density at radius 3 is 2.89 bits per heavy atom. The molecular formula is C15H21BrN2O. The Bertz CT molecular complexity index is 395. The Morgan fingerprint density at radius 1 is 1.26 bits per heavy atom. The number of ether oxygens (including phenoxy) is 1. The van der Waals surface area contributed by atoms with Gasteiger partial charge in [0.2, 0.25) is 0 Å². The molecule has 3 nitrogen and oxygen atoms in total. The van der Waals surface area contributed by atoms with Crippen LogP contribution in [0.15, 0.2) is 28.7 Å². The molecule has 0 unspecified atom stereocenters. The number of hydrogen-bond donors (Lipinski definition) is 1. The van der Waals surface area contributed by atoms with Gasteiger partial charge in [-0.1, -0.05) is 15.9 Å². The fraction of sp³-hybridized carbons (Fsp3) is 0.600. The molecule has 0 saturated carbocycles. The smallest absolute Gasteiger partial charge is 0.119 e. The Labute approximate surface area is 123 Å². The van der Waals surface area contributed by atoms with E-state index in [0.717, 1.165) is 35.3 Å². The van der Waals surface area contributed by atoms with Crippen LogP contribution in [0.1, 0.15) is 12.8 Å². The fourth-order valence-electron chi connectivity index (χ4n) is 3.14. The Morgan fingerprint density at radius 2 is 2.11 bits per heavy atom. The maximum absolute atomic E-state index is 5.79. The lowest BCUT2D eigenvalue weighted by Crippen LogP contribution is -2.40. The summed E-state index contributed by atoms with van der Waals surface area (Å²) in [5.41, 5.74) is 0. The number of hydrogen-bond acceptors (Lipinski definition) is 3. The molecule has 1 aromatic rings. The lowest BCUT2D eigenvalue weighted by atomic mass is 9.94. The van der Waals surface area contributed by atoms with Gasteiger partial charge >= 0.3 is 0 Å². The standard InChI is InChI=1S/C15H21BrN2O/c16-13-3-5-14(6-4-13)19-9-8-18-10-12-2-1-7-17-15(12)11-18/h3-6,12,15,17H,1-2,7-11H2/t12-,15+/m0/s1. The molecule has 19 heavy (non-hydrogen) atoms. The van der Waals surface area contributed by atoms with Crippen LogP contribution in [0.4, 0.5) is 0 Å². The molecule has 2 aliphatic heterocycles. The number of fused-ring (bicyclic) bond motifs is 1. The largest absolute Gasteiger partial charge is 0.492 e. The first kappa shape index (κ1) is 13.4. The molecule has 0 aromatic heterocycles. The summed E-state index contributed by atoms with van der Waals surface area (Å²) in [7, 11) is 0. The highest BCUT2D eigenvalue weighted by Crippen LogP contribution is 2.24. The molecule has 0 spiro atoms. The van der Waals surface area contributed by atoms with Crippen LogP contribution in [0, 0.1) is 5.92 Å². The van der Waals surface area contributed by atoms with Crippen molar-refractivity contribution < 1.29 is 4.74 Å². The molecule has 1 N–H and O–H groups in total. The normalized spacial score (nSPS) is 27.2. The quantitative estimate of drug-likeness (QED) is 0.921. The van der Waals surface area contributed by atoms with Crippen molar-refractivity contribution in [1.29, 1.82) is 0 Å². The van der Waals surface area contributed by atoms with Crippen LogP contribution < -0.4 is 10.1 Å². The van der Waals surface area contributed by atoms with Crippen LogP contribution >= 0.6 is 15.9 Å². The van der Waals surface area contributed by atoms with Gasteiger partial charge in [0, 0.05) is 30.1 Å². The van der Waals surface area contributed by atoms with E-state index < -0.39 is 0 Å². The van der Waals surface area contributed by atoms with Crippen LogP contribution in [0.5, 0.6) is 5.75 Å². The molecule has 2 fully saturated rings. The van der Waals surface area contributed by atoms with E-state index in [4.69, 9.17) is 4.74 Å². The van der Waals surface area contributed by atoms with Crippen molar-refractivity contribution in [1.82, 2.24) is 10.2 Å². The van der Waals surface area contributed by atoms with Crippen LogP contribution in [-0.2, 0) is 0 Å². The van der Waals surface area contributed by atoms with Gasteiger partial charge in [0.1, 0.15) is 12.4 Å². The number of nitrogens with one attached hydrogen (secondary N) is 1. The van der Waals surface area contributed by atoms with Crippen molar-refractivity contribution in [3.05, 3.63) is 28.7 Å². The summed E-state index contributed by atoms with van der Waals surface area (Å²) in [5.74, 6) is 1.82. The molecule has 0 aliphatic carbocycles. The second-order valence-corrected chi connectivity index (χ2v) is 6.44. The molecule has 0 amide bonds. The maximum atomic E-state index is 5.79. The number of benzene rings is 1. The zero-order valence-corrected chi connectivity index (χ0v) is 12.7. The number of rotatable bonds is 4. The molecule has 2 aliphatic rings. The zero-order chi connectivity index (χ0) is 13.1. The second-order valence-electron chi connectivity index (χ2n) is 5.52. The Balaban J connectivity index is 1.42. The first-order valence-electron chi connectivity index (χ1n) is 7.15. The Hall–Kier alpha value is -0.580. The van der Waals surface area contributed by atoms with Crippen LogP contribution in [0.3, 0.4) is 0 Å². The number of likely N-dealkylation sites (tertiary alicyclic amines) is 1. The lowest BCUT2D eigenvalue weighted by molar-refractivity contribution is 0.232. The fourth-order valence-corrected chi connectivity index (χ4v) is 3.41. The highest BCUT2D eigenvalue weighted by Gasteiger charge is 2.33. The van der Waals surface area contributed by atoms with E-state index in [2.05, 4.69) is 26.1 Å². The van der Waals surface area contributed by atoms with Crippen LogP contribution in [0.25, 0.3) is 0 Å². The van der Waals surface area contributed by atoms with Gasteiger partial charge in [-0.25, -0.2) is 0 Å². The van der Waals surface area contributed by atoms with Crippen LogP contribution in [0.2, 0.25) is 0 Å². The molecule has 2 atom stereocenters. The third-order valence-electron chi connectivity index (χ3n) is 4.16. The van der Waals surface area contributed by atoms with Gasteiger partial charge in [0.15, 0.2) is 0 Å². The average Bonchev–Trinajstić information content (AvgIpc) is 2.83. The molecule has 4 heteroatoms. The second kappa shape index (κ2) is 6.25. The topological polar surface area (TPSA) is 24.5 Å². The van der Waals surface area contributed by atoms with E-state index >= 15 is 0 Å². The lowest BCUT2D eigenvalue weighted by Gasteiger charge is -2.24. The predicted octanol–water partition coefficient (Wildman–Crippen LogP) is 2.51. The third kappa shape index (κ3) is 3.50. The molecule has 2 heterocycles. The highest BCUT2D eigenvalue weighted by molar-refractivity contribution is 9.10. The summed E-state index contributed by atoms with van der Waals surface area (Å²) in [6, 6.07) is 8.78. The van der Waals surface area contributed by atoms with Crippen LogP contribution in [-0.4, -0.2) is 43.7 Å². The van der Waals surface area contributed by atoms with E-state index in [1.54, 1.807) is 0 Å². The third-order valence-corrected chi connectivity index (χ3v) is 4.69. The molecule has 1 aromatic carbocycles. The first-order valence-corrected chi connectivity index (χ1v) is 7.95. The summed E-state index contributed by atoms with van der Waals surface area (Å²) in [6.07, 6.45) is 2.73. The molecule has 3 rings (SSSR count). The monoisotopic (exact) mass is 324 g/mol. The molecule has 104 valence electrons. The summed E-state index contributed by atoms with van der Waals surface area (Å²) in [4.78, 5) is 2.53. The van der Waals surface area contributed by atoms with Gasteiger partial charge in [0.05, 0.1) is 0 Å². The SMILES string of the molecule is Brc1ccc(OCCN2C[C@@H]3CCCN[C@@H]3C2)cc1. The van der Waals surface area contributed by atoms with E-state index in [1.165, 1.54) is 32.5 Å². The van der Waals surface area contributed by atoms with E-state index in [9.17, 15) is 0 Å². The van der Waals surface area contributed by atoms with Gasteiger partial charge in [-0.3, -0.25) is 4.90 Å². The minimum atomic E-state index is 0.724.